The molecule has 5 nitrogen and oxygen atoms in total. The summed E-state index contributed by atoms with van der Waals surface area (Å²) in [5.41, 5.74) is 1.54. The van der Waals surface area contributed by atoms with E-state index in [4.69, 9.17) is 5.11 Å². The van der Waals surface area contributed by atoms with Gasteiger partial charge in [-0.1, -0.05) is 0 Å². The smallest absolute Gasteiger partial charge is 0.335 e. The molecule has 0 aliphatic rings. The summed E-state index contributed by atoms with van der Waals surface area (Å²) in [7, 11) is 0. The maximum absolute atomic E-state index is 12.1. The lowest BCUT2D eigenvalue weighted by molar-refractivity contribution is 0.0696. The van der Waals surface area contributed by atoms with Gasteiger partial charge in [0.1, 0.15) is 5.75 Å². The molecule has 0 heterocycles. The van der Waals surface area contributed by atoms with Crippen molar-refractivity contribution in [3.8, 4) is 5.75 Å². The van der Waals surface area contributed by atoms with Crippen molar-refractivity contribution in [3.63, 3.8) is 0 Å². The summed E-state index contributed by atoms with van der Waals surface area (Å²) in [6.07, 6.45) is 0. The Labute approximate surface area is 129 Å². The minimum absolute atomic E-state index is 0.0277. The molecule has 3 N–H and O–H groups in total. The summed E-state index contributed by atoms with van der Waals surface area (Å²) < 4.78 is 0.501. The number of nitrogens with one attached hydrogen (secondary N) is 1. The van der Waals surface area contributed by atoms with Gasteiger partial charge in [0.15, 0.2) is 0 Å². The Hall–Kier alpha value is -2.34. The van der Waals surface area contributed by atoms with Crippen molar-refractivity contribution < 1.29 is 19.8 Å². The van der Waals surface area contributed by atoms with E-state index in [9.17, 15) is 14.7 Å². The van der Waals surface area contributed by atoms with Crippen molar-refractivity contribution in [3.05, 3.63) is 57.6 Å². The van der Waals surface area contributed by atoms with Crippen molar-refractivity contribution in [2.24, 2.45) is 0 Å². The van der Waals surface area contributed by atoms with E-state index in [-0.39, 0.29) is 17.2 Å². The molecular weight excluding hydrogens is 338 g/mol. The fourth-order valence-electron chi connectivity index (χ4n) is 1.84. The molecule has 0 radical (unpaired) electrons. The standard InChI is InChI=1S/C15H12BrNO4/c1-8-6-10(3-4-11(8)15(20)21)17-14(19)9-2-5-12(16)13(18)7-9/h2-7,18H,1H3,(H,17,19)(H,20,21). The number of aromatic hydroxyl groups is 1. The number of aryl methyl sites for hydroxylation is 1. The van der Waals surface area contributed by atoms with Gasteiger partial charge in [-0.2, -0.15) is 0 Å². The molecule has 0 aromatic heterocycles. The monoisotopic (exact) mass is 349 g/mol. The van der Waals surface area contributed by atoms with Crippen molar-refractivity contribution in [2.75, 3.05) is 5.32 Å². The number of phenolic OH excluding ortho intramolecular Hbond substituents is 1. The number of aromatic carboxylic acids is 1. The first-order chi connectivity index (χ1) is 9.88. The average molecular weight is 350 g/mol. The maximum atomic E-state index is 12.1. The molecule has 0 spiro atoms. The van der Waals surface area contributed by atoms with Gasteiger partial charge in [-0.05, 0) is 64.8 Å². The number of phenols is 1. The highest BCUT2D eigenvalue weighted by molar-refractivity contribution is 9.10. The SMILES string of the molecule is Cc1cc(NC(=O)c2ccc(Br)c(O)c2)ccc1C(=O)O. The fourth-order valence-corrected chi connectivity index (χ4v) is 2.09. The molecule has 0 unspecified atom stereocenters. The molecule has 2 rings (SSSR count). The van der Waals surface area contributed by atoms with Gasteiger partial charge in [-0.15, -0.1) is 0 Å². The summed E-state index contributed by atoms with van der Waals surface area (Å²) in [4.78, 5) is 23.0. The van der Waals surface area contributed by atoms with Crippen LogP contribution < -0.4 is 5.32 Å². The van der Waals surface area contributed by atoms with Crippen LogP contribution in [0.3, 0.4) is 0 Å². The number of benzene rings is 2. The van der Waals surface area contributed by atoms with Gasteiger partial charge in [0.05, 0.1) is 10.0 Å². The van der Waals surface area contributed by atoms with E-state index in [1.807, 2.05) is 0 Å². The fraction of sp³-hybridized carbons (Fsp3) is 0.0667. The number of amides is 1. The summed E-state index contributed by atoms with van der Waals surface area (Å²) in [6, 6.07) is 9.03. The third-order valence-corrected chi connectivity index (χ3v) is 3.59. The number of carbonyl (C=O) groups excluding carboxylic acids is 1. The van der Waals surface area contributed by atoms with Gasteiger partial charge in [0.2, 0.25) is 0 Å². The van der Waals surface area contributed by atoms with E-state index in [1.54, 1.807) is 25.1 Å². The van der Waals surface area contributed by atoms with Gasteiger partial charge in [0, 0.05) is 11.3 Å². The number of carboxylic acids is 1. The Balaban J connectivity index is 2.21. The molecule has 0 aliphatic heterocycles. The van der Waals surface area contributed by atoms with Crippen LogP contribution in [0.1, 0.15) is 26.3 Å². The van der Waals surface area contributed by atoms with Crippen LogP contribution in [-0.2, 0) is 0 Å². The number of carboxylic acid groups (broad SMARTS) is 1. The van der Waals surface area contributed by atoms with Crippen molar-refractivity contribution >= 4 is 33.5 Å². The molecule has 0 saturated heterocycles. The molecule has 2 aromatic carbocycles. The second kappa shape index (κ2) is 5.97. The highest BCUT2D eigenvalue weighted by Gasteiger charge is 2.11. The molecule has 6 heteroatoms. The van der Waals surface area contributed by atoms with Crippen LogP contribution in [0.25, 0.3) is 0 Å². The number of halogens is 1. The third kappa shape index (κ3) is 3.41. The zero-order valence-electron chi connectivity index (χ0n) is 11.1. The van der Waals surface area contributed by atoms with Crippen LogP contribution >= 0.6 is 15.9 Å². The van der Waals surface area contributed by atoms with E-state index < -0.39 is 5.97 Å². The Bertz CT molecular complexity index is 728. The summed E-state index contributed by atoms with van der Waals surface area (Å²) >= 11 is 3.14. The second-order valence-corrected chi connectivity index (χ2v) is 5.31. The van der Waals surface area contributed by atoms with Crippen LogP contribution in [0.4, 0.5) is 5.69 Å². The van der Waals surface area contributed by atoms with E-state index in [0.717, 1.165) is 0 Å². The topological polar surface area (TPSA) is 86.6 Å². The molecule has 0 saturated carbocycles. The van der Waals surface area contributed by atoms with E-state index >= 15 is 0 Å². The molecule has 2 aromatic rings. The maximum Gasteiger partial charge on any atom is 0.335 e. The molecule has 0 aliphatic carbocycles. The van der Waals surface area contributed by atoms with Gasteiger partial charge in [0.25, 0.3) is 5.91 Å². The van der Waals surface area contributed by atoms with Gasteiger partial charge < -0.3 is 15.5 Å². The lowest BCUT2D eigenvalue weighted by Crippen LogP contribution is -2.12. The molecule has 0 bridgehead atoms. The largest absolute Gasteiger partial charge is 0.507 e. The Morgan fingerprint density at radius 1 is 1.14 bits per heavy atom. The number of carbonyl (C=O) groups is 2. The Morgan fingerprint density at radius 3 is 2.43 bits per heavy atom. The highest BCUT2D eigenvalue weighted by Crippen LogP contribution is 2.25. The molecule has 0 fully saturated rings. The van der Waals surface area contributed by atoms with E-state index in [0.29, 0.717) is 21.3 Å². The van der Waals surface area contributed by atoms with Crippen molar-refractivity contribution in [2.45, 2.75) is 6.92 Å². The number of hydrogen-bond acceptors (Lipinski definition) is 3. The average Bonchev–Trinajstić information content (AvgIpc) is 2.41. The van der Waals surface area contributed by atoms with Crippen molar-refractivity contribution in [1.82, 2.24) is 0 Å². The van der Waals surface area contributed by atoms with Gasteiger partial charge in [-0.25, -0.2) is 4.79 Å². The second-order valence-electron chi connectivity index (χ2n) is 4.46. The van der Waals surface area contributed by atoms with Gasteiger partial charge in [-0.3, -0.25) is 4.79 Å². The minimum Gasteiger partial charge on any atom is -0.507 e. The lowest BCUT2D eigenvalue weighted by atomic mass is 10.1. The quantitative estimate of drug-likeness (QED) is 0.792. The minimum atomic E-state index is -1.01. The highest BCUT2D eigenvalue weighted by atomic mass is 79.9. The number of hydrogen-bond donors (Lipinski definition) is 3. The Kier molecular flexibility index (Phi) is 4.28. The third-order valence-electron chi connectivity index (χ3n) is 2.92. The Morgan fingerprint density at radius 2 is 1.86 bits per heavy atom. The molecular formula is C15H12BrNO4. The number of anilines is 1. The first-order valence-electron chi connectivity index (χ1n) is 6.02. The zero-order valence-corrected chi connectivity index (χ0v) is 12.6. The molecule has 0 atom stereocenters. The first kappa shape index (κ1) is 15.1. The van der Waals surface area contributed by atoms with Crippen molar-refractivity contribution in [1.29, 1.82) is 0 Å². The van der Waals surface area contributed by atoms with Gasteiger partial charge >= 0.3 is 5.97 Å². The normalized spacial score (nSPS) is 10.2. The van der Waals surface area contributed by atoms with E-state index in [1.165, 1.54) is 18.2 Å². The van der Waals surface area contributed by atoms with Crippen LogP contribution in [0.5, 0.6) is 5.75 Å². The van der Waals surface area contributed by atoms with Crippen LogP contribution in [0.15, 0.2) is 40.9 Å². The summed E-state index contributed by atoms with van der Waals surface area (Å²) in [5.74, 6) is -1.43. The summed E-state index contributed by atoms with van der Waals surface area (Å²) in [6.45, 7) is 1.66. The van der Waals surface area contributed by atoms with Crippen LogP contribution in [0, 0.1) is 6.92 Å². The van der Waals surface area contributed by atoms with E-state index in [2.05, 4.69) is 21.2 Å². The summed E-state index contributed by atoms with van der Waals surface area (Å²) in [5, 5.41) is 21.2. The predicted octanol–water partition coefficient (Wildman–Crippen LogP) is 3.41. The number of rotatable bonds is 3. The molecule has 1 amide bonds. The van der Waals surface area contributed by atoms with Crippen LogP contribution in [-0.4, -0.2) is 22.1 Å². The predicted molar refractivity (Wildman–Crippen MR) is 81.9 cm³/mol. The first-order valence-corrected chi connectivity index (χ1v) is 6.81. The molecule has 21 heavy (non-hydrogen) atoms. The molecule has 108 valence electrons. The zero-order chi connectivity index (χ0) is 15.6. The van der Waals surface area contributed by atoms with Crippen LogP contribution in [0.2, 0.25) is 0 Å². The lowest BCUT2D eigenvalue weighted by Gasteiger charge is -2.08.